The van der Waals surface area contributed by atoms with Gasteiger partial charge < -0.3 is 29.3 Å². The number of hydrogen-bond donors (Lipinski definition) is 2. The Balaban J connectivity index is 1.35. The number of carbonyl (C=O) groups excluding carboxylic acids is 3. The normalized spacial score (nSPS) is 29.6. The summed E-state index contributed by atoms with van der Waals surface area (Å²) in [5, 5.41) is 24.4. The summed E-state index contributed by atoms with van der Waals surface area (Å²) in [5.74, 6) is -0.872. The van der Waals surface area contributed by atoms with Gasteiger partial charge in [-0.15, -0.1) is 0 Å². The number of nitrogens with zero attached hydrogens (tertiary/aromatic N) is 1. The molecule has 0 spiro atoms. The quantitative estimate of drug-likeness (QED) is 0.124. The zero-order chi connectivity index (χ0) is 44.3. The average Bonchev–Trinajstić information content (AvgIpc) is 3.66. The van der Waals surface area contributed by atoms with E-state index in [-0.39, 0.29) is 37.1 Å². The Morgan fingerprint density at radius 2 is 1.69 bits per heavy atom. The van der Waals surface area contributed by atoms with Gasteiger partial charge in [-0.3, -0.25) is 14.4 Å². The topological polar surface area (TPSA) is 123 Å². The van der Waals surface area contributed by atoms with E-state index in [2.05, 4.69) is 6.08 Å². The number of alkyl halides is 3. The van der Waals surface area contributed by atoms with Crippen LogP contribution in [0.4, 0.5) is 13.2 Å². The third kappa shape index (κ3) is 7.45. The van der Waals surface area contributed by atoms with Crippen molar-refractivity contribution in [1.82, 2.24) is 4.90 Å². The molecule has 12 heteroatoms. The first-order valence-corrected chi connectivity index (χ1v) is 21.3. The number of fused-ring (bicyclic) bond motifs is 10. The fraction of sp³-hybridized carbons (Fsp3) is 0.531. The van der Waals surface area contributed by atoms with Crippen molar-refractivity contribution in [2.75, 3.05) is 20.8 Å². The van der Waals surface area contributed by atoms with Gasteiger partial charge in [0.1, 0.15) is 11.5 Å². The molecule has 6 unspecified atom stereocenters. The smallest absolute Gasteiger partial charge is 0.416 e. The van der Waals surface area contributed by atoms with Gasteiger partial charge in [0, 0.05) is 40.1 Å². The number of benzene rings is 3. The van der Waals surface area contributed by atoms with Gasteiger partial charge in [-0.1, -0.05) is 56.7 Å². The highest BCUT2D eigenvalue weighted by molar-refractivity contribution is 6.10. The first-order chi connectivity index (χ1) is 28.6. The lowest BCUT2D eigenvalue weighted by Gasteiger charge is -2.47. The van der Waals surface area contributed by atoms with Crippen LogP contribution in [-0.4, -0.2) is 70.8 Å². The lowest BCUT2D eigenvalue weighted by atomic mass is 9.64. The molecule has 6 atom stereocenters. The second-order valence-electron chi connectivity index (χ2n) is 18.9. The highest BCUT2D eigenvalue weighted by Gasteiger charge is 2.76. The van der Waals surface area contributed by atoms with Crippen LogP contribution in [0, 0.1) is 16.2 Å². The van der Waals surface area contributed by atoms with Gasteiger partial charge in [-0.05, 0) is 119 Å². The predicted molar refractivity (Wildman–Crippen MR) is 223 cm³/mol. The van der Waals surface area contributed by atoms with Gasteiger partial charge in [-0.25, -0.2) is 0 Å². The number of carbonyl (C=O) groups is 3. The average molecular weight is 846 g/mol. The molecule has 5 aliphatic rings. The third-order valence-corrected chi connectivity index (χ3v) is 15.4. The van der Waals surface area contributed by atoms with Gasteiger partial charge >= 0.3 is 12.1 Å². The molecule has 328 valence electrons. The predicted octanol–water partition coefficient (Wildman–Crippen LogP) is 9.14. The summed E-state index contributed by atoms with van der Waals surface area (Å²) in [6.07, 6.45) is 0.484. The molecule has 3 aromatic carbocycles. The molecule has 0 radical (unpaired) electrons. The van der Waals surface area contributed by atoms with Crippen LogP contribution < -0.4 is 9.47 Å². The van der Waals surface area contributed by atoms with Crippen molar-refractivity contribution in [2.24, 2.45) is 16.2 Å². The van der Waals surface area contributed by atoms with Crippen molar-refractivity contribution in [1.29, 1.82) is 0 Å². The second kappa shape index (κ2) is 15.9. The molecule has 9 nitrogen and oxygen atoms in total. The summed E-state index contributed by atoms with van der Waals surface area (Å²) in [6, 6.07) is 15.1. The molecule has 1 amide bonds. The van der Waals surface area contributed by atoms with Gasteiger partial charge in [0.15, 0.2) is 11.4 Å². The van der Waals surface area contributed by atoms with Gasteiger partial charge in [0.05, 0.1) is 43.4 Å². The number of aliphatic hydroxyl groups is 2. The Morgan fingerprint density at radius 1 is 0.934 bits per heavy atom. The maximum Gasteiger partial charge on any atom is 0.416 e. The summed E-state index contributed by atoms with van der Waals surface area (Å²) in [6.45, 7) is 9.50. The van der Waals surface area contributed by atoms with E-state index >= 15 is 4.79 Å². The van der Waals surface area contributed by atoms with Crippen molar-refractivity contribution in [3.05, 3.63) is 106 Å². The standard InChI is InChI=1S/C49H58F3NO8/c1-30-10-9-20-45(4)39(37-18-14-31(24-35(54)16-13-30)25-38(37)41(55)32-11-8-12-34(26-32)49(50,51)52)19-21-47(45,58)29-53(28-33-15-17-36(59-6)27-40(33)60-7)42(56)48-23-22-46(5,43(57)61-48)44(48,2)3/h8,10-12,14-15,17-18,25-27,35,39,54,58H,9,13,16,19-24,28-29H2,1-7H3. The van der Waals surface area contributed by atoms with Gasteiger partial charge in [0.2, 0.25) is 0 Å². The maximum absolute atomic E-state index is 15.4. The van der Waals surface area contributed by atoms with E-state index in [1.165, 1.54) is 19.2 Å². The number of ether oxygens (including phenoxy) is 3. The number of esters is 1. The van der Waals surface area contributed by atoms with Gasteiger partial charge in [0.25, 0.3) is 5.91 Å². The van der Waals surface area contributed by atoms with E-state index in [1.807, 2.05) is 52.8 Å². The lowest BCUT2D eigenvalue weighted by molar-refractivity contribution is -0.178. The molecule has 1 aliphatic heterocycles. The number of amides is 1. The Labute approximate surface area is 356 Å². The second-order valence-corrected chi connectivity index (χ2v) is 18.9. The number of methoxy groups -OCH3 is 2. The Kier molecular flexibility index (Phi) is 11.6. The van der Waals surface area contributed by atoms with E-state index in [0.29, 0.717) is 73.1 Å². The van der Waals surface area contributed by atoms with Crippen molar-refractivity contribution in [2.45, 2.75) is 128 Å². The molecule has 0 aromatic heterocycles. The molecule has 2 saturated carbocycles. The molecule has 3 aromatic rings. The van der Waals surface area contributed by atoms with Crippen LogP contribution in [0.1, 0.15) is 130 Å². The number of aliphatic hydroxyl groups excluding tert-OH is 1. The summed E-state index contributed by atoms with van der Waals surface area (Å²) in [7, 11) is 3.07. The Hall–Kier alpha value is -4.68. The zero-order valence-electron chi connectivity index (χ0n) is 36.2. The van der Waals surface area contributed by atoms with Crippen molar-refractivity contribution < 1.29 is 52.0 Å². The van der Waals surface area contributed by atoms with E-state index < -0.39 is 68.9 Å². The SMILES string of the molecule is COc1ccc(CN(CC2(O)CCC3c4ccc(cc4C(=O)c4cccc(C(F)(F)F)c4)CC(O)CCC(C)=CCCC32C)C(=O)C23CCC(C)(C(=O)O2)C3(C)C)c(OC)c1. The lowest BCUT2D eigenvalue weighted by Crippen LogP contribution is -2.60. The molecule has 8 rings (SSSR count). The van der Waals surface area contributed by atoms with E-state index in [1.54, 1.807) is 30.2 Å². The minimum Gasteiger partial charge on any atom is -0.497 e. The summed E-state index contributed by atoms with van der Waals surface area (Å²) < 4.78 is 59.1. The Morgan fingerprint density at radius 3 is 2.34 bits per heavy atom. The number of hydrogen-bond acceptors (Lipinski definition) is 8. The van der Waals surface area contributed by atoms with Crippen LogP contribution in [0.2, 0.25) is 0 Å². The summed E-state index contributed by atoms with van der Waals surface area (Å²) in [5.41, 5.74) is -3.65. The highest BCUT2D eigenvalue weighted by atomic mass is 19.4. The molecule has 1 heterocycles. The first-order valence-electron chi connectivity index (χ1n) is 21.3. The fourth-order valence-corrected chi connectivity index (χ4v) is 10.9. The number of allylic oxidation sites excluding steroid dienone is 2. The molecule has 61 heavy (non-hydrogen) atoms. The minimum absolute atomic E-state index is 0.0104. The van der Waals surface area contributed by atoms with Crippen LogP contribution in [-0.2, 0) is 33.5 Å². The van der Waals surface area contributed by atoms with E-state index in [4.69, 9.17) is 14.2 Å². The molecule has 1 saturated heterocycles. The van der Waals surface area contributed by atoms with Gasteiger partial charge in [-0.2, -0.15) is 13.2 Å². The molecular weight excluding hydrogens is 788 g/mol. The number of halogens is 3. The zero-order valence-corrected chi connectivity index (χ0v) is 36.2. The minimum atomic E-state index is -4.66. The van der Waals surface area contributed by atoms with Crippen LogP contribution in [0.15, 0.2) is 72.3 Å². The van der Waals surface area contributed by atoms with E-state index in [9.17, 15) is 33.0 Å². The molecular formula is C49H58F3NO8. The summed E-state index contributed by atoms with van der Waals surface area (Å²) >= 11 is 0. The van der Waals surface area contributed by atoms with Crippen molar-refractivity contribution in [3.8, 4) is 11.5 Å². The van der Waals surface area contributed by atoms with E-state index in [0.717, 1.165) is 17.7 Å². The monoisotopic (exact) mass is 845 g/mol. The highest BCUT2D eigenvalue weighted by Crippen LogP contribution is 2.66. The number of rotatable bonds is 9. The third-order valence-electron chi connectivity index (χ3n) is 15.4. The number of ketones is 1. The fourth-order valence-electron chi connectivity index (χ4n) is 10.9. The first kappa shape index (κ1) is 44.4. The molecule has 4 bridgehead atoms. The van der Waals surface area contributed by atoms with Crippen molar-refractivity contribution in [3.63, 3.8) is 0 Å². The largest absolute Gasteiger partial charge is 0.497 e. The van der Waals surface area contributed by atoms with Crippen LogP contribution in [0.5, 0.6) is 11.5 Å². The van der Waals surface area contributed by atoms with Crippen LogP contribution >= 0.6 is 0 Å². The maximum atomic E-state index is 15.4. The van der Waals surface area contributed by atoms with Crippen LogP contribution in [0.3, 0.4) is 0 Å². The van der Waals surface area contributed by atoms with Crippen LogP contribution in [0.25, 0.3) is 0 Å². The summed E-state index contributed by atoms with van der Waals surface area (Å²) in [4.78, 5) is 45.0. The molecule has 3 fully saturated rings. The molecule has 4 aliphatic carbocycles. The Bertz CT molecular complexity index is 2250. The molecule has 2 N–H and O–H groups in total. The van der Waals surface area contributed by atoms with Crippen molar-refractivity contribution >= 4 is 17.7 Å².